The molecular formula is C23H38N4O3. The number of rotatable bonds is 10. The number of carbonyl (C=O) groups is 2. The number of hydrogen-bond acceptors (Lipinski definition) is 5. The Balaban J connectivity index is 1.55. The van der Waals surface area contributed by atoms with Gasteiger partial charge in [0.15, 0.2) is 0 Å². The fourth-order valence-corrected chi connectivity index (χ4v) is 3.43. The summed E-state index contributed by atoms with van der Waals surface area (Å²) in [6.07, 6.45) is 1.76. The van der Waals surface area contributed by atoms with Crippen molar-refractivity contribution in [2.24, 2.45) is 0 Å². The average molecular weight is 419 g/mol. The van der Waals surface area contributed by atoms with E-state index in [0.717, 1.165) is 44.6 Å². The van der Waals surface area contributed by atoms with Crippen LogP contribution in [0.1, 0.15) is 39.2 Å². The number of nitrogens with one attached hydrogen (secondary N) is 2. The van der Waals surface area contributed by atoms with Crippen molar-refractivity contribution in [1.82, 2.24) is 20.4 Å². The monoisotopic (exact) mass is 418 g/mol. The first-order chi connectivity index (χ1) is 14.3. The molecule has 0 aromatic heterocycles. The molecule has 0 aliphatic carbocycles. The van der Waals surface area contributed by atoms with Gasteiger partial charge in [0, 0.05) is 31.8 Å². The summed E-state index contributed by atoms with van der Waals surface area (Å²) in [5, 5.41) is 5.99. The highest BCUT2D eigenvalue weighted by Crippen LogP contribution is 2.04. The van der Waals surface area contributed by atoms with Gasteiger partial charge in [-0.05, 0) is 52.3 Å². The Morgan fingerprint density at radius 1 is 0.967 bits per heavy atom. The van der Waals surface area contributed by atoms with Crippen LogP contribution >= 0.6 is 0 Å². The number of hydrogen-bond donors (Lipinski definition) is 2. The van der Waals surface area contributed by atoms with Gasteiger partial charge in [0.05, 0.1) is 19.7 Å². The van der Waals surface area contributed by atoms with Crippen molar-refractivity contribution in [2.75, 3.05) is 52.4 Å². The fraction of sp³-hybridized carbons (Fsp3) is 0.652. The van der Waals surface area contributed by atoms with Gasteiger partial charge in [-0.2, -0.15) is 0 Å². The second kappa shape index (κ2) is 12.7. The van der Waals surface area contributed by atoms with E-state index in [9.17, 15) is 9.59 Å². The third kappa shape index (κ3) is 10.7. The predicted molar refractivity (Wildman–Crippen MR) is 119 cm³/mol. The summed E-state index contributed by atoms with van der Waals surface area (Å²) in [6.45, 7) is 12.0. The Labute approximate surface area is 181 Å². The van der Waals surface area contributed by atoms with Crippen LogP contribution in [0.15, 0.2) is 30.3 Å². The van der Waals surface area contributed by atoms with Gasteiger partial charge in [-0.1, -0.05) is 30.3 Å². The summed E-state index contributed by atoms with van der Waals surface area (Å²) in [5.74, 6) is 0.111. The Morgan fingerprint density at radius 3 is 2.23 bits per heavy atom. The first kappa shape index (κ1) is 24.3. The number of ether oxygens (including phenoxy) is 1. The van der Waals surface area contributed by atoms with E-state index in [0.29, 0.717) is 32.8 Å². The summed E-state index contributed by atoms with van der Waals surface area (Å²) >= 11 is 0. The van der Waals surface area contributed by atoms with Crippen LogP contribution in [-0.4, -0.2) is 79.6 Å². The summed E-state index contributed by atoms with van der Waals surface area (Å²) in [4.78, 5) is 28.7. The molecule has 7 heteroatoms. The van der Waals surface area contributed by atoms with Gasteiger partial charge >= 0.3 is 0 Å². The van der Waals surface area contributed by atoms with Crippen molar-refractivity contribution in [2.45, 2.75) is 45.8 Å². The van der Waals surface area contributed by atoms with Gasteiger partial charge in [-0.3, -0.25) is 19.4 Å². The molecule has 0 unspecified atom stereocenters. The SMILES string of the molecule is CC(C)(C)NC(=O)CN1CCCN(CC(=O)NCCCOCc2ccccc2)CC1. The van der Waals surface area contributed by atoms with E-state index in [4.69, 9.17) is 4.74 Å². The number of carbonyl (C=O) groups excluding carboxylic acids is 2. The van der Waals surface area contributed by atoms with Crippen molar-refractivity contribution in [3.05, 3.63) is 35.9 Å². The number of nitrogens with zero attached hydrogens (tertiary/aromatic N) is 2. The number of benzene rings is 1. The Kier molecular flexibility index (Phi) is 10.3. The van der Waals surface area contributed by atoms with E-state index in [1.165, 1.54) is 0 Å². The summed E-state index contributed by atoms with van der Waals surface area (Å²) < 4.78 is 5.64. The zero-order valence-corrected chi connectivity index (χ0v) is 18.8. The standard InChI is InChI=1S/C23H38N4O3/c1-23(2,3)25-22(29)18-27-13-8-12-26(14-15-27)17-21(28)24-11-7-16-30-19-20-9-5-4-6-10-20/h4-6,9-10H,7-8,11-19H2,1-3H3,(H,24,28)(H,25,29). The van der Waals surface area contributed by atoms with Gasteiger partial charge in [-0.25, -0.2) is 0 Å². The van der Waals surface area contributed by atoms with Crippen LogP contribution < -0.4 is 10.6 Å². The molecule has 0 bridgehead atoms. The Bertz CT molecular complexity index is 646. The second-order valence-electron chi connectivity index (χ2n) is 8.95. The Morgan fingerprint density at radius 2 is 1.60 bits per heavy atom. The predicted octanol–water partition coefficient (Wildman–Crippen LogP) is 1.63. The summed E-state index contributed by atoms with van der Waals surface area (Å²) in [7, 11) is 0. The quantitative estimate of drug-likeness (QED) is 0.565. The topological polar surface area (TPSA) is 73.9 Å². The van der Waals surface area contributed by atoms with E-state index < -0.39 is 0 Å². The maximum absolute atomic E-state index is 12.2. The van der Waals surface area contributed by atoms with Crippen molar-refractivity contribution >= 4 is 11.8 Å². The van der Waals surface area contributed by atoms with Gasteiger partial charge in [0.25, 0.3) is 0 Å². The number of amides is 2. The lowest BCUT2D eigenvalue weighted by atomic mass is 10.1. The second-order valence-corrected chi connectivity index (χ2v) is 8.95. The summed E-state index contributed by atoms with van der Waals surface area (Å²) in [6, 6.07) is 10.1. The molecule has 1 saturated heterocycles. The van der Waals surface area contributed by atoms with Crippen LogP contribution in [0.3, 0.4) is 0 Å². The van der Waals surface area contributed by atoms with Crippen molar-refractivity contribution < 1.29 is 14.3 Å². The van der Waals surface area contributed by atoms with Crippen LogP contribution in [0.2, 0.25) is 0 Å². The van der Waals surface area contributed by atoms with Crippen molar-refractivity contribution in [3.8, 4) is 0 Å². The van der Waals surface area contributed by atoms with Crippen molar-refractivity contribution in [1.29, 1.82) is 0 Å². The van der Waals surface area contributed by atoms with Gasteiger partial charge in [-0.15, -0.1) is 0 Å². The molecule has 1 heterocycles. The molecule has 2 rings (SSSR count). The van der Waals surface area contributed by atoms with Crippen LogP contribution in [-0.2, 0) is 20.9 Å². The molecule has 168 valence electrons. The lowest BCUT2D eigenvalue weighted by molar-refractivity contribution is -0.124. The lowest BCUT2D eigenvalue weighted by Crippen LogP contribution is -2.46. The largest absolute Gasteiger partial charge is 0.377 e. The minimum absolute atomic E-state index is 0.0528. The van der Waals surface area contributed by atoms with E-state index in [-0.39, 0.29) is 17.4 Å². The maximum atomic E-state index is 12.2. The van der Waals surface area contributed by atoms with Crippen LogP contribution in [0, 0.1) is 0 Å². The molecule has 1 fully saturated rings. The first-order valence-corrected chi connectivity index (χ1v) is 11.0. The van der Waals surface area contributed by atoms with Gasteiger partial charge in [0.1, 0.15) is 0 Å². The zero-order valence-electron chi connectivity index (χ0n) is 18.8. The van der Waals surface area contributed by atoms with Gasteiger partial charge < -0.3 is 15.4 Å². The third-order valence-corrected chi connectivity index (χ3v) is 4.83. The highest BCUT2D eigenvalue weighted by atomic mass is 16.5. The van der Waals surface area contributed by atoms with Crippen LogP contribution in [0.25, 0.3) is 0 Å². The highest BCUT2D eigenvalue weighted by molar-refractivity contribution is 5.79. The molecule has 1 aromatic carbocycles. The van der Waals surface area contributed by atoms with Crippen LogP contribution in [0.5, 0.6) is 0 Å². The fourth-order valence-electron chi connectivity index (χ4n) is 3.43. The first-order valence-electron chi connectivity index (χ1n) is 11.0. The third-order valence-electron chi connectivity index (χ3n) is 4.83. The summed E-state index contributed by atoms with van der Waals surface area (Å²) in [5.41, 5.74) is 0.951. The van der Waals surface area contributed by atoms with E-state index >= 15 is 0 Å². The molecule has 2 amide bonds. The molecule has 1 aliphatic heterocycles. The normalized spacial score (nSPS) is 16.1. The van der Waals surface area contributed by atoms with Crippen molar-refractivity contribution in [3.63, 3.8) is 0 Å². The molecule has 2 N–H and O–H groups in total. The molecule has 1 aromatic rings. The zero-order chi connectivity index (χ0) is 21.8. The molecule has 0 atom stereocenters. The lowest BCUT2D eigenvalue weighted by Gasteiger charge is -2.25. The molecule has 0 saturated carbocycles. The molecule has 0 radical (unpaired) electrons. The smallest absolute Gasteiger partial charge is 0.234 e. The average Bonchev–Trinajstić information content (AvgIpc) is 2.89. The molecular weight excluding hydrogens is 380 g/mol. The molecule has 0 spiro atoms. The minimum Gasteiger partial charge on any atom is -0.377 e. The minimum atomic E-state index is -0.209. The van der Waals surface area contributed by atoms with E-state index in [1.54, 1.807) is 0 Å². The molecule has 1 aliphatic rings. The van der Waals surface area contributed by atoms with E-state index in [1.807, 2.05) is 51.1 Å². The van der Waals surface area contributed by atoms with E-state index in [2.05, 4.69) is 20.4 Å². The molecule has 30 heavy (non-hydrogen) atoms. The Hall–Kier alpha value is -1.96. The molecule has 7 nitrogen and oxygen atoms in total. The highest BCUT2D eigenvalue weighted by Gasteiger charge is 2.20. The van der Waals surface area contributed by atoms with Gasteiger partial charge in [0.2, 0.25) is 11.8 Å². The van der Waals surface area contributed by atoms with Crippen LogP contribution in [0.4, 0.5) is 0 Å². The maximum Gasteiger partial charge on any atom is 0.234 e.